The summed E-state index contributed by atoms with van der Waals surface area (Å²) < 4.78 is 34.5. The van der Waals surface area contributed by atoms with Crippen LogP contribution in [0.1, 0.15) is 12.8 Å². The molecule has 10 heteroatoms. The van der Waals surface area contributed by atoms with Crippen LogP contribution in [0.3, 0.4) is 0 Å². The molecule has 0 spiro atoms. The molecule has 0 N–H and O–H groups in total. The van der Waals surface area contributed by atoms with Gasteiger partial charge in [0.05, 0.1) is 19.9 Å². The minimum absolute atomic E-state index is 0.0544. The molecule has 1 amide bonds. The summed E-state index contributed by atoms with van der Waals surface area (Å²) >= 11 is 0. The van der Waals surface area contributed by atoms with Crippen molar-refractivity contribution >= 4 is 15.9 Å². The van der Waals surface area contributed by atoms with Crippen LogP contribution < -0.4 is 9.47 Å². The van der Waals surface area contributed by atoms with Gasteiger partial charge in [-0.2, -0.15) is 9.29 Å². The zero-order chi connectivity index (χ0) is 17.7. The molecule has 0 radical (unpaired) electrons. The third-order valence-corrected chi connectivity index (χ3v) is 5.06. The van der Waals surface area contributed by atoms with Crippen LogP contribution in [-0.2, 0) is 14.8 Å². The first-order valence-electron chi connectivity index (χ1n) is 7.52. The lowest BCUT2D eigenvalue weighted by molar-refractivity contribution is -0.133. The van der Waals surface area contributed by atoms with Crippen LogP contribution >= 0.6 is 0 Å². The van der Waals surface area contributed by atoms with Crippen LogP contribution in [-0.4, -0.2) is 79.6 Å². The van der Waals surface area contributed by atoms with Gasteiger partial charge in [-0.05, 0) is 0 Å². The number of rotatable bonds is 6. The fourth-order valence-corrected chi connectivity index (χ4v) is 2.64. The molecule has 1 aliphatic rings. The van der Waals surface area contributed by atoms with Gasteiger partial charge in [0, 0.05) is 45.2 Å². The number of carbonyl (C=O) groups is 1. The van der Waals surface area contributed by atoms with Crippen molar-refractivity contribution in [2.24, 2.45) is 0 Å². The largest absolute Gasteiger partial charge is 0.474 e. The molecule has 0 aromatic carbocycles. The fourth-order valence-electron chi connectivity index (χ4n) is 2.29. The van der Waals surface area contributed by atoms with Crippen LogP contribution in [0.25, 0.3) is 0 Å². The number of sulfonamides is 1. The van der Waals surface area contributed by atoms with Crippen molar-refractivity contribution in [1.29, 1.82) is 0 Å². The molecule has 2 heterocycles. The second kappa shape index (κ2) is 7.75. The maximum Gasteiger partial charge on any atom is 0.319 e. The average Bonchev–Trinajstić information content (AvgIpc) is 2.54. The van der Waals surface area contributed by atoms with Crippen molar-refractivity contribution < 1.29 is 22.7 Å². The smallest absolute Gasteiger partial charge is 0.319 e. The standard InChI is InChI=1S/C14H22N4O5S/c1-17(24(3,20)21)10-13(19)18-8-5-11(6-9-18)23-12-4-7-15-14(16-12)22-2/h4,7,11H,5-6,8-10H2,1-3H3. The van der Waals surface area contributed by atoms with E-state index in [9.17, 15) is 13.2 Å². The first-order chi connectivity index (χ1) is 11.3. The van der Waals surface area contributed by atoms with Crippen molar-refractivity contribution in [3.05, 3.63) is 12.3 Å². The first-order valence-corrected chi connectivity index (χ1v) is 9.37. The summed E-state index contributed by atoms with van der Waals surface area (Å²) in [5, 5.41) is 0. The molecule has 134 valence electrons. The molecule has 0 unspecified atom stereocenters. The summed E-state index contributed by atoms with van der Waals surface area (Å²) in [6, 6.07) is 1.89. The van der Waals surface area contributed by atoms with Crippen molar-refractivity contribution in [2.75, 3.05) is 40.0 Å². The molecular weight excluding hydrogens is 336 g/mol. The highest BCUT2D eigenvalue weighted by atomic mass is 32.2. The Morgan fingerprint density at radius 3 is 2.67 bits per heavy atom. The van der Waals surface area contributed by atoms with E-state index in [1.807, 2.05) is 0 Å². The molecule has 0 bridgehead atoms. The van der Waals surface area contributed by atoms with E-state index >= 15 is 0 Å². The number of carbonyl (C=O) groups excluding carboxylic acids is 1. The van der Waals surface area contributed by atoms with Gasteiger partial charge in [0.25, 0.3) is 0 Å². The normalized spacial score (nSPS) is 16.2. The summed E-state index contributed by atoms with van der Waals surface area (Å²) in [7, 11) is -0.482. The third kappa shape index (κ3) is 5.03. The Morgan fingerprint density at radius 2 is 2.08 bits per heavy atom. The predicted molar refractivity (Wildman–Crippen MR) is 86.3 cm³/mol. The van der Waals surface area contributed by atoms with Gasteiger partial charge in [0.2, 0.25) is 21.8 Å². The number of piperidine rings is 1. The van der Waals surface area contributed by atoms with Crippen molar-refractivity contribution in [1.82, 2.24) is 19.2 Å². The van der Waals surface area contributed by atoms with Crippen LogP contribution in [0.2, 0.25) is 0 Å². The number of hydrogen-bond acceptors (Lipinski definition) is 7. The van der Waals surface area contributed by atoms with E-state index in [4.69, 9.17) is 9.47 Å². The number of hydrogen-bond donors (Lipinski definition) is 0. The Balaban J connectivity index is 1.83. The SMILES string of the molecule is COc1nccc(OC2CCN(C(=O)CN(C)S(C)(=O)=O)CC2)n1. The van der Waals surface area contributed by atoms with Gasteiger partial charge in [0.15, 0.2) is 0 Å². The first kappa shape index (κ1) is 18.4. The summed E-state index contributed by atoms with van der Waals surface area (Å²) in [4.78, 5) is 21.8. The number of likely N-dealkylation sites (N-methyl/N-ethyl adjacent to an activating group) is 1. The number of amides is 1. The van der Waals surface area contributed by atoms with Gasteiger partial charge in [0.1, 0.15) is 6.10 Å². The Kier molecular flexibility index (Phi) is 5.94. The maximum absolute atomic E-state index is 12.1. The van der Waals surface area contributed by atoms with Gasteiger partial charge in [-0.3, -0.25) is 4.79 Å². The Morgan fingerprint density at radius 1 is 1.42 bits per heavy atom. The topological polar surface area (TPSA) is 102 Å². The third-order valence-electron chi connectivity index (χ3n) is 3.80. The number of likely N-dealkylation sites (tertiary alicyclic amines) is 1. The zero-order valence-electron chi connectivity index (χ0n) is 14.0. The van der Waals surface area contributed by atoms with E-state index < -0.39 is 10.0 Å². The number of nitrogens with zero attached hydrogens (tertiary/aromatic N) is 4. The van der Waals surface area contributed by atoms with Crippen molar-refractivity contribution in [3.63, 3.8) is 0 Å². The summed E-state index contributed by atoms with van der Waals surface area (Å²) in [5.74, 6) is 0.230. The van der Waals surface area contributed by atoms with E-state index in [2.05, 4.69) is 9.97 Å². The molecule has 0 saturated carbocycles. The predicted octanol–water partition coefficient (Wildman–Crippen LogP) is -0.254. The van der Waals surface area contributed by atoms with E-state index in [0.717, 1.165) is 10.6 Å². The monoisotopic (exact) mass is 358 g/mol. The number of methoxy groups -OCH3 is 1. The number of ether oxygens (including phenoxy) is 2. The second-order valence-corrected chi connectivity index (χ2v) is 7.69. The quantitative estimate of drug-likeness (QED) is 0.691. The fraction of sp³-hybridized carbons (Fsp3) is 0.643. The summed E-state index contributed by atoms with van der Waals surface area (Å²) in [6.07, 6.45) is 3.89. The summed E-state index contributed by atoms with van der Waals surface area (Å²) in [6.45, 7) is 0.889. The van der Waals surface area contributed by atoms with Crippen LogP contribution in [0, 0.1) is 0 Å². The van der Waals surface area contributed by atoms with Gasteiger partial charge in [-0.1, -0.05) is 0 Å². The van der Waals surface area contributed by atoms with E-state index in [1.165, 1.54) is 14.2 Å². The lowest BCUT2D eigenvalue weighted by atomic mass is 10.1. The molecular formula is C14H22N4O5S. The van der Waals surface area contributed by atoms with Crippen LogP contribution in [0.4, 0.5) is 0 Å². The minimum atomic E-state index is -3.36. The molecule has 9 nitrogen and oxygen atoms in total. The molecule has 1 saturated heterocycles. The Bertz CT molecular complexity index is 673. The average molecular weight is 358 g/mol. The molecule has 24 heavy (non-hydrogen) atoms. The zero-order valence-corrected chi connectivity index (χ0v) is 14.8. The van der Waals surface area contributed by atoms with Crippen molar-refractivity contribution in [3.8, 4) is 11.9 Å². The van der Waals surface area contributed by atoms with E-state index in [1.54, 1.807) is 17.2 Å². The molecule has 1 aromatic heterocycles. The van der Waals surface area contributed by atoms with Gasteiger partial charge < -0.3 is 14.4 Å². The van der Waals surface area contributed by atoms with Gasteiger partial charge in [-0.15, -0.1) is 0 Å². The highest BCUT2D eigenvalue weighted by molar-refractivity contribution is 7.88. The van der Waals surface area contributed by atoms with Crippen LogP contribution in [0.15, 0.2) is 12.3 Å². The summed E-state index contributed by atoms with van der Waals surface area (Å²) in [5.41, 5.74) is 0. The lowest BCUT2D eigenvalue weighted by Gasteiger charge is -2.32. The van der Waals surface area contributed by atoms with Crippen LogP contribution in [0.5, 0.6) is 11.9 Å². The Labute approximate surface area is 141 Å². The van der Waals surface area contributed by atoms with Gasteiger partial charge in [-0.25, -0.2) is 13.4 Å². The van der Waals surface area contributed by atoms with Crippen molar-refractivity contribution in [2.45, 2.75) is 18.9 Å². The molecule has 2 rings (SSSR count). The van der Waals surface area contributed by atoms with E-state index in [-0.39, 0.29) is 24.6 Å². The molecule has 1 aromatic rings. The Hall–Kier alpha value is -1.94. The molecule has 1 fully saturated rings. The molecule has 0 atom stereocenters. The number of aromatic nitrogens is 2. The highest BCUT2D eigenvalue weighted by Crippen LogP contribution is 2.18. The minimum Gasteiger partial charge on any atom is -0.474 e. The lowest BCUT2D eigenvalue weighted by Crippen LogP contribution is -2.46. The highest BCUT2D eigenvalue weighted by Gasteiger charge is 2.26. The molecule has 1 aliphatic heterocycles. The van der Waals surface area contributed by atoms with Gasteiger partial charge >= 0.3 is 6.01 Å². The maximum atomic E-state index is 12.1. The molecule has 0 aliphatic carbocycles. The second-order valence-electron chi connectivity index (χ2n) is 5.60. The van der Waals surface area contributed by atoms with E-state index in [0.29, 0.717) is 31.8 Å².